The number of fused-ring (bicyclic) bond motifs is 2. The standard InChI is InChI=1S/C17H16N2O5/c20-15-10-5-11(10)16(21)19(15)9-6-18(7-9)17(22)14-8-23-12-3-1-2-4-13(12)24-14/h1-4,9-11,14H,5-8H2. The van der Waals surface area contributed by atoms with Crippen LogP contribution in [0.5, 0.6) is 11.5 Å². The summed E-state index contributed by atoms with van der Waals surface area (Å²) in [6.07, 6.45) is 0.0233. The Bertz CT molecular complexity index is 737. The molecule has 0 bridgehead atoms. The Kier molecular flexibility index (Phi) is 2.72. The third-order valence-corrected chi connectivity index (χ3v) is 5.22. The van der Waals surface area contributed by atoms with E-state index in [4.69, 9.17) is 9.47 Å². The Morgan fingerprint density at radius 1 is 1.04 bits per heavy atom. The molecule has 1 saturated carbocycles. The van der Waals surface area contributed by atoms with Gasteiger partial charge in [0.2, 0.25) is 17.9 Å². The molecule has 3 fully saturated rings. The Morgan fingerprint density at radius 2 is 1.71 bits per heavy atom. The predicted molar refractivity (Wildman–Crippen MR) is 80.2 cm³/mol. The number of carbonyl (C=O) groups is 3. The van der Waals surface area contributed by atoms with Crippen molar-refractivity contribution in [2.75, 3.05) is 19.7 Å². The quantitative estimate of drug-likeness (QED) is 0.717. The van der Waals surface area contributed by atoms with E-state index >= 15 is 0 Å². The van der Waals surface area contributed by atoms with Crippen molar-refractivity contribution in [2.45, 2.75) is 18.6 Å². The van der Waals surface area contributed by atoms with Crippen LogP contribution >= 0.6 is 0 Å². The summed E-state index contributed by atoms with van der Waals surface area (Å²) in [4.78, 5) is 39.6. The van der Waals surface area contributed by atoms with E-state index in [0.29, 0.717) is 31.0 Å². The summed E-state index contributed by atoms with van der Waals surface area (Å²) in [6, 6.07) is 7.05. The highest BCUT2D eigenvalue weighted by molar-refractivity contribution is 6.09. The largest absolute Gasteiger partial charge is 0.485 e. The van der Waals surface area contributed by atoms with Crippen LogP contribution in [-0.2, 0) is 14.4 Å². The lowest BCUT2D eigenvalue weighted by molar-refractivity contribution is -0.158. The first-order valence-electron chi connectivity index (χ1n) is 8.17. The lowest BCUT2D eigenvalue weighted by atomic mass is 10.1. The second-order valence-electron chi connectivity index (χ2n) is 6.76. The fraction of sp³-hybridized carbons (Fsp3) is 0.471. The molecule has 124 valence electrons. The van der Waals surface area contributed by atoms with Gasteiger partial charge in [-0.25, -0.2) is 0 Å². The minimum absolute atomic E-state index is 0.0618. The number of likely N-dealkylation sites (tertiary alicyclic amines) is 2. The lowest BCUT2D eigenvalue weighted by Gasteiger charge is -2.44. The Labute approximate surface area is 138 Å². The van der Waals surface area contributed by atoms with E-state index < -0.39 is 6.10 Å². The molecule has 0 spiro atoms. The number of imide groups is 1. The highest BCUT2D eigenvalue weighted by Crippen LogP contribution is 2.48. The molecule has 3 heterocycles. The van der Waals surface area contributed by atoms with Gasteiger partial charge in [0.15, 0.2) is 11.5 Å². The molecular weight excluding hydrogens is 312 g/mol. The van der Waals surface area contributed by atoms with Crippen LogP contribution < -0.4 is 9.47 Å². The van der Waals surface area contributed by atoms with Crippen LogP contribution in [0, 0.1) is 11.8 Å². The van der Waals surface area contributed by atoms with Gasteiger partial charge in [-0.15, -0.1) is 0 Å². The SMILES string of the molecule is O=C(C1COc2ccccc2O1)N1CC(N2C(=O)C3CC3C2=O)C1. The number of rotatable bonds is 2. The molecule has 3 amide bonds. The summed E-state index contributed by atoms with van der Waals surface area (Å²) in [5, 5.41) is 0. The summed E-state index contributed by atoms with van der Waals surface area (Å²) in [5.74, 6) is 0.730. The molecule has 1 aliphatic carbocycles. The van der Waals surface area contributed by atoms with Gasteiger partial charge in [0.05, 0.1) is 17.9 Å². The number of ether oxygens (including phenoxy) is 2. The van der Waals surface area contributed by atoms with Gasteiger partial charge >= 0.3 is 0 Å². The second-order valence-corrected chi connectivity index (χ2v) is 6.76. The molecule has 4 aliphatic rings. The zero-order valence-electron chi connectivity index (χ0n) is 12.9. The Morgan fingerprint density at radius 3 is 2.42 bits per heavy atom. The molecule has 7 nitrogen and oxygen atoms in total. The van der Waals surface area contributed by atoms with Gasteiger partial charge in [0, 0.05) is 13.1 Å². The lowest BCUT2D eigenvalue weighted by Crippen LogP contribution is -2.65. The molecule has 2 saturated heterocycles. The first-order chi connectivity index (χ1) is 11.6. The number of carbonyl (C=O) groups excluding carboxylic acids is 3. The van der Waals surface area contributed by atoms with Crippen LogP contribution in [0.15, 0.2) is 24.3 Å². The van der Waals surface area contributed by atoms with Crippen LogP contribution in [-0.4, -0.2) is 59.4 Å². The molecule has 5 rings (SSSR count). The topological polar surface area (TPSA) is 76.2 Å². The third-order valence-electron chi connectivity index (χ3n) is 5.22. The number of nitrogens with zero attached hydrogens (tertiary/aromatic N) is 2. The number of benzene rings is 1. The molecular formula is C17H16N2O5. The van der Waals surface area contributed by atoms with Crippen LogP contribution in [0.2, 0.25) is 0 Å². The average molecular weight is 328 g/mol. The van der Waals surface area contributed by atoms with Gasteiger partial charge in [-0.2, -0.15) is 0 Å². The molecule has 0 radical (unpaired) electrons. The maximum atomic E-state index is 12.5. The van der Waals surface area contributed by atoms with Gasteiger partial charge in [-0.1, -0.05) is 12.1 Å². The predicted octanol–water partition coefficient (Wildman–Crippen LogP) is 0.0421. The van der Waals surface area contributed by atoms with Crippen molar-refractivity contribution in [1.82, 2.24) is 9.80 Å². The highest BCUT2D eigenvalue weighted by atomic mass is 16.6. The van der Waals surface area contributed by atoms with E-state index in [-0.39, 0.29) is 42.2 Å². The Balaban J connectivity index is 1.22. The van der Waals surface area contributed by atoms with Crippen molar-refractivity contribution < 1.29 is 23.9 Å². The van der Waals surface area contributed by atoms with Crippen molar-refractivity contribution in [3.05, 3.63) is 24.3 Å². The van der Waals surface area contributed by atoms with Gasteiger partial charge in [-0.05, 0) is 18.6 Å². The van der Waals surface area contributed by atoms with Crippen molar-refractivity contribution in [1.29, 1.82) is 0 Å². The maximum Gasteiger partial charge on any atom is 0.267 e. The zero-order chi connectivity index (χ0) is 16.4. The smallest absolute Gasteiger partial charge is 0.267 e. The average Bonchev–Trinajstić information content (AvgIpc) is 3.32. The molecule has 3 unspecified atom stereocenters. The Hall–Kier alpha value is -2.57. The van der Waals surface area contributed by atoms with E-state index in [1.165, 1.54) is 4.90 Å². The highest BCUT2D eigenvalue weighted by Gasteiger charge is 2.61. The van der Waals surface area contributed by atoms with E-state index in [0.717, 1.165) is 0 Å². The molecule has 24 heavy (non-hydrogen) atoms. The first-order valence-corrected chi connectivity index (χ1v) is 8.17. The monoisotopic (exact) mass is 328 g/mol. The second kappa shape index (κ2) is 4.72. The van der Waals surface area contributed by atoms with Gasteiger partial charge in [0.1, 0.15) is 6.61 Å². The minimum atomic E-state index is -0.681. The summed E-state index contributed by atoms with van der Waals surface area (Å²) in [7, 11) is 0. The number of amides is 3. The molecule has 0 N–H and O–H groups in total. The van der Waals surface area contributed by atoms with Crippen molar-refractivity contribution in [2.24, 2.45) is 11.8 Å². The van der Waals surface area contributed by atoms with Crippen molar-refractivity contribution in [3.8, 4) is 11.5 Å². The van der Waals surface area contributed by atoms with Gasteiger partial charge in [-0.3, -0.25) is 19.3 Å². The number of piperidine rings is 1. The van der Waals surface area contributed by atoms with Crippen molar-refractivity contribution in [3.63, 3.8) is 0 Å². The first kappa shape index (κ1) is 13.8. The fourth-order valence-electron chi connectivity index (χ4n) is 3.71. The van der Waals surface area contributed by atoms with E-state index in [1.807, 2.05) is 12.1 Å². The third kappa shape index (κ3) is 1.87. The molecule has 3 atom stereocenters. The number of para-hydroxylation sites is 2. The fourth-order valence-corrected chi connectivity index (χ4v) is 3.71. The molecule has 1 aromatic rings. The summed E-state index contributed by atoms with van der Waals surface area (Å²) < 4.78 is 11.3. The van der Waals surface area contributed by atoms with E-state index in [9.17, 15) is 14.4 Å². The summed E-state index contributed by atoms with van der Waals surface area (Å²) >= 11 is 0. The molecule has 7 heteroatoms. The molecule has 1 aromatic carbocycles. The van der Waals surface area contributed by atoms with Crippen molar-refractivity contribution >= 4 is 17.7 Å². The molecule has 0 aromatic heterocycles. The van der Waals surface area contributed by atoms with Crippen LogP contribution in [0.4, 0.5) is 0 Å². The van der Waals surface area contributed by atoms with Gasteiger partial charge in [0.25, 0.3) is 5.91 Å². The van der Waals surface area contributed by atoms with Gasteiger partial charge < -0.3 is 14.4 Å². The van der Waals surface area contributed by atoms with E-state index in [1.54, 1.807) is 17.0 Å². The van der Waals surface area contributed by atoms with Crippen LogP contribution in [0.25, 0.3) is 0 Å². The minimum Gasteiger partial charge on any atom is -0.485 e. The van der Waals surface area contributed by atoms with Crippen LogP contribution in [0.3, 0.4) is 0 Å². The number of hydrogen-bond donors (Lipinski definition) is 0. The zero-order valence-corrected chi connectivity index (χ0v) is 12.9. The number of hydrogen-bond acceptors (Lipinski definition) is 5. The summed E-state index contributed by atoms with van der Waals surface area (Å²) in [6.45, 7) is 0.942. The normalized spacial score (nSPS) is 30.9. The van der Waals surface area contributed by atoms with E-state index in [2.05, 4.69) is 0 Å². The van der Waals surface area contributed by atoms with Crippen LogP contribution in [0.1, 0.15) is 6.42 Å². The summed E-state index contributed by atoms with van der Waals surface area (Å²) in [5.41, 5.74) is 0. The maximum absolute atomic E-state index is 12.5. The molecule has 3 aliphatic heterocycles.